The van der Waals surface area contributed by atoms with E-state index in [-0.39, 0.29) is 26.6 Å². The molecule has 0 aromatic heterocycles. The SMILES string of the molecule is CC(C)C(C)C(C(=O)O)N1C(=O)/C(=C2\C(=O)Nc3ccc(Br)cc32)SC1=S. The molecular formula is C18H17BrN2O4S2. The highest BCUT2D eigenvalue weighted by Gasteiger charge is 2.46. The number of anilines is 1. The Balaban J connectivity index is 2.09. The van der Waals surface area contributed by atoms with Crippen molar-refractivity contribution >= 4 is 73.3 Å². The third-order valence-electron chi connectivity index (χ3n) is 4.83. The van der Waals surface area contributed by atoms with Gasteiger partial charge in [0.2, 0.25) is 0 Å². The van der Waals surface area contributed by atoms with Gasteiger partial charge >= 0.3 is 5.97 Å². The van der Waals surface area contributed by atoms with Crippen LogP contribution in [0.4, 0.5) is 5.69 Å². The normalized spacial score (nSPS) is 21.5. The van der Waals surface area contributed by atoms with E-state index in [0.29, 0.717) is 11.3 Å². The molecule has 0 spiro atoms. The number of nitrogens with one attached hydrogen (secondary N) is 1. The summed E-state index contributed by atoms with van der Waals surface area (Å²) < 4.78 is 0.918. The molecule has 2 N–H and O–H groups in total. The Bertz CT molecular complexity index is 913. The van der Waals surface area contributed by atoms with E-state index in [9.17, 15) is 19.5 Å². The summed E-state index contributed by atoms with van der Waals surface area (Å²) in [6, 6.07) is 4.20. The number of rotatable bonds is 4. The number of benzene rings is 1. The summed E-state index contributed by atoms with van der Waals surface area (Å²) in [5.74, 6) is -2.32. The minimum Gasteiger partial charge on any atom is -0.480 e. The molecule has 2 aliphatic heterocycles. The Morgan fingerprint density at radius 2 is 1.96 bits per heavy atom. The fourth-order valence-corrected chi connectivity index (χ4v) is 4.84. The summed E-state index contributed by atoms with van der Waals surface area (Å²) in [4.78, 5) is 38.8. The average Bonchev–Trinajstić information content (AvgIpc) is 3.04. The van der Waals surface area contributed by atoms with Gasteiger partial charge in [-0.1, -0.05) is 60.7 Å². The van der Waals surface area contributed by atoms with Gasteiger partial charge in [0.1, 0.15) is 10.4 Å². The van der Waals surface area contributed by atoms with Gasteiger partial charge in [-0.25, -0.2) is 4.79 Å². The van der Waals surface area contributed by atoms with E-state index < -0.39 is 23.8 Å². The van der Waals surface area contributed by atoms with Crippen LogP contribution in [0.1, 0.15) is 26.3 Å². The van der Waals surface area contributed by atoms with Crippen molar-refractivity contribution in [2.75, 3.05) is 5.32 Å². The number of carboxylic acids is 1. The third kappa shape index (κ3) is 3.43. The number of hydrogen-bond acceptors (Lipinski definition) is 5. The maximum absolute atomic E-state index is 13.1. The van der Waals surface area contributed by atoms with Crippen molar-refractivity contribution in [2.45, 2.75) is 26.8 Å². The van der Waals surface area contributed by atoms with Crippen LogP contribution in [0.5, 0.6) is 0 Å². The molecule has 27 heavy (non-hydrogen) atoms. The van der Waals surface area contributed by atoms with Crippen LogP contribution in [0.2, 0.25) is 0 Å². The van der Waals surface area contributed by atoms with E-state index >= 15 is 0 Å². The molecule has 1 aromatic rings. The molecule has 2 aliphatic rings. The Labute approximate surface area is 174 Å². The zero-order chi connectivity index (χ0) is 20.0. The highest BCUT2D eigenvalue weighted by Crippen LogP contribution is 2.44. The van der Waals surface area contributed by atoms with Crippen LogP contribution >= 0.6 is 39.9 Å². The average molecular weight is 469 g/mol. The number of thioether (sulfide) groups is 1. The molecule has 3 rings (SSSR count). The minimum atomic E-state index is -1.11. The number of halogens is 1. The summed E-state index contributed by atoms with van der Waals surface area (Å²) in [5.41, 5.74) is 1.43. The third-order valence-corrected chi connectivity index (χ3v) is 6.73. The number of carbonyl (C=O) groups is 3. The van der Waals surface area contributed by atoms with Crippen LogP contribution in [0.3, 0.4) is 0 Å². The highest BCUT2D eigenvalue weighted by atomic mass is 79.9. The predicted octanol–water partition coefficient (Wildman–Crippen LogP) is 3.72. The molecule has 1 aromatic carbocycles. The molecule has 2 unspecified atom stereocenters. The molecule has 9 heteroatoms. The maximum atomic E-state index is 13.1. The predicted molar refractivity (Wildman–Crippen MR) is 112 cm³/mol. The number of carbonyl (C=O) groups excluding carboxylic acids is 2. The van der Waals surface area contributed by atoms with E-state index in [1.165, 1.54) is 0 Å². The van der Waals surface area contributed by atoms with Gasteiger partial charge in [-0.05, 0) is 30.0 Å². The molecule has 1 fully saturated rings. The zero-order valence-electron chi connectivity index (χ0n) is 14.8. The smallest absolute Gasteiger partial charge is 0.327 e. The first kappa shape index (κ1) is 20.0. The summed E-state index contributed by atoms with van der Waals surface area (Å²) >= 11 is 9.67. The molecule has 2 amide bonds. The van der Waals surface area contributed by atoms with Gasteiger partial charge in [0.05, 0.1) is 10.5 Å². The van der Waals surface area contributed by atoms with Crippen molar-refractivity contribution < 1.29 is 19.5 Å². The van der Waals surface area contributed by atoms with Gasteiger partial charge in [0.15, 0.2) is 0 Å². The molecule has 2 heterocycles. The molecule has 0 bridgehead atoms. The molecule has 1 saturated heterocycles. The number of amides is 2. The van der Waals surface area contributed by atoms with E-state index in [1.54, 1.807) is 25.1 Å². The van der Waals surface area contributed by atoms with Crippen LogP contribution in [-0.4, -0.2) is 38.2 Å². The van der Waals surface area contributed by atoms with Gasteiger partial charge in [0.25, 0.3) is 11.8 Å². The summed E-state index contributed by atoms with van der Waals surface area (Å²) in [7, 11) is 0. The van der Waals surface area contributed by atoms with Gasteiger partial charge in [-0.2, -0.15) is 0 Å². The van der Waals surface area contributed by atoms with Crippen LogP contribution in [0, 0.1) is 11.8 Å². The summed E-state index contributed by atoms with van der Waals surface area (Å²) in [6.07, 6.45) is 0. The quantitative estimate of drug-likeness (QED) is 0.517. The molecular weight excluding hydrogens is 452 g/mol. The molecule has 0 radical (unpaired) electrons. The fraction of sp³-hybridized carbons (Fsp3) is 0.333. The Morgan fingerprint density at radius 3 is 2.56 bits per heavy atom. The standard InChI is InChI=1S/C18H17BrN2O4S2/c1-7(2)8(3)13(17(24)25)21-16(23)14(27-18(21)26)12-10-6-9(19)4-5-11(10)20-15(12)22/h4-8,13H,1-3H3,(H,20,22)(H,24,25)/b14-12+. The number of thiocarbonyl (C=S) groups is 1. The minimum absolute atomic E-state index is 0.0369. The van der Waals surface area contributed by atoms with Gasteiger partial charge < -0.3 is 10.4 Å². The highest BCUT2D eigenvalue weighted by molar-refractivity contribution is 9.10. The second kappa shape index (κ2) is 7.37. The Hall–Kier alpha value is -1.71. The molecule has 6 nitrogen and oxygen atoms in total. The largest absolute Gasteiger partial charge is 0.480 e. The number of aliphatic carboxylic acids is 1. The number of fused-ring (bicyclic) bond motifs is 1. The van der Waals surface area contributed by atoms with Crippen molar-refractivity contribution in [3.63, 3.8) is 0 Å². The van der Waals surface area contributed by atoms with Crippen molar-refractivity contribution in [2.24, 2.45) is 11.8 Å². The summed E-state index contributed by atoms with van der Waals surface area (Å²) in [6.45, 7) is 5.58. The first-order chi connectivity index (χ1) is 12.6. The molecule has 2 atom stereocenters. The topological polar surface area (TPSA) is 86.7 Å². The van der Waals surface area contributed by atoms with E-state index in [4.69, 9.17) is 12.2 Å². The van der Waals surface area contributed by atoms with Crippen molar-refractivity contribution in [1.29, 1.82) is 0 Å². The van der Waals surface area contributed by atoms with Crippen molar-refractivity contribution in [1.82, 2.24) is 4.90 Å². The van der Waals surface area contributed by atoms with Gasteiger partial charge in [-0.3, -0.25) is 14.5 Å². The van der Waals surface area contributed by atoms with Crippen LogP contribution in [-0.2, 0) is 14.4 Å². The number of hydrogen-bond donors (Lipinski definition) is 2. The molecule has 0 aliphatic carbocycles. The second-order valence-electron chi connectivity index (χ2n) is 6.78. The van der Waals surface area contributed by atoms with E-state index in [0.717, 1.165) is 21.1 Å². The number of nitrogens with zero attached hydrogens (tertiary/aromatic N) is 1. The lowest BCUT2D eigenvalue weighted by atomic mass is 9.89. The zero-order valence-corrected chi connectivity index (χ0v) is 18.0. The first-order valence-electron chi connectivity index (χ1n) is 8.27. The lowest BCUT2D eigenvalue weighted by molar-refractivity contribution is -0.147. The van der Waals surface area contributed by atoms with Crippen LogP contribution in [0.15, 0.2) is 27.6 Å². The van der Waals surface area contributed by atoms with Crippen LogP contribution in [0.25, 0.3) is 5.57 Å². The Kier molecular flexibility index (Phi) is 5.47. The van der Waals surface area contributed by atoms with Gasteiger partial charge in [-0.15, -0.1) is 0 Å². The monoisotopic (exact) mass is 468 g/mol. The summed E-state index contributed by atoms with van der Waals surface area (Å²) in [5, 5.41) is 12.5. The number of carboxylic acid groups (broad SMARTS) is 1. The Morgan fingerprint density at radius 1 is 1.30 bits per heavy atom. The lowest BCUT2D eigenvalue weighted by Gasteiger charge is -2.30. The van der Waals surface area contributed by atoms with Crippen molar-refractivity contribution in [3.8, 4) is 0 Å². The van der Waals surface area contributed by atoms with Crippen molar-refractivity contribution in [3.05, 3.63) is 33.1 Å². The van der Waals surface area contributed by atoms with E-state index in [2.05, 4.69) is 21.2 Å². The molecule has 142 valence electrons. The van der Waals surface area contributed by atoms with Gasteiger partial charge in [0, 0.05) is 15.7 Å². The first-order valence-corrected chi connectivity index (χ1v) is 10.3. The van der Waals surface area contributed by atoms with E-state index in [1.807, 2.05) is 13.8 Å². The van der Waals surface area contributed by atoms with Crippen LogP contribution < -0.4 is 5.32 Å². The lowest BCUT2D eigenvalue weighted by Crippen LogP contribution is -2.49. The second-order valence-corrected chi connectivity index (χ2v) is 9.34. The molecule has 0 saturated carbocycles. The fourth-order valence-electron chi connectivity index (χ4n) is 3.07. The maximum Gasteiger partial charge on any atom is 0.327 e.